The number of ether oxygens (including phenoxy) is 1. The Morgan fingerprint density at radius 1 is 1.35 bits per heavy atom. The largest absolute Gasteiger partial charge is 0.573 e. The van der Waals surface area contributed by atoms with Gasteiger partial charge in [-0.05, 0) is 17.7 Å². The van der Waals surface area contributed by atoms with Gasteiger partial charge in [-0.1, -0.05) is 12.1 Å². The van der Waals surface area contributed by atoms with Crippen LogP contribution in [0.2, 0.25) is 0 Å². The number of carboxylic acid groups (broad SMARTS) is 1. The lowest BCUT2D eigenvalue weighted by Gasteiger charge is -2.11. The quantitative estimate of drug-likeness (QED) is 0.823. The summed E-state index contributed by atoms with van der Waals surface area (Å²) < 4.78 is 39.2. The fraction of sp³-hybridized carbons (Fsp3) is 0.300. The van der Waals surface area contributed by atoms with Crippen molar-refractivity contribution in [1.82, 2.24) is 0 Å². The van der Waals surface area contributed by atoms with Crippen LogP contribution in [0.4, 0.5) is 13.2 Å². The van der Waals surface area contributed by atoms with Crippen molar-refractivity contribution in [3.05, 3.63) is 29.8 Å². The molecule has 7 heteroatoms. The Hall–Kier alpha value is -1.37. The molecule has 0 spiro atoms. The minimum Gasteiger partial charge on any atom is -0.481 e. The summed E-state index contributed by atoms with van der Waals surface area (Å²) in [6.45, 7) is 0. The number of hydrogen-bond acceptors (Lipinski definition) is 3. The molecule has 0 saturated heterocycles. The third kappa shape index (κ3) is 4.99. The highest BCUT2D eigenvalue weighted by atomic mass is 32.1. The zero-order valence-electron chi connectivity index (χ0n) is 8.44. The van der Waals surface area contributed by atoms with E-state index in [2.05, 4.69) is 17.4 Å². The van der Waals surface area contributed by atoms with Gasteiger partial charge in [0.05, 0.1) is 6.42 Å². The van der Waals surface area contributed by atoms with Gasteiger partial charge in [0, 0.05) is 5.25 Å². The first kappa shape index (κ1) is 13.7. The molecule has 1 aromatic rings. The van der Waals surface area contributed by atoms with Crippen LogP contribution in [0.3, 0.4) is 0 Å². The van der Waals surface area contributed by atoms with E-state index < -0.39 is 17.6 Å². The lowest BCUT2D eigenvalue weighted by Crippen LogP contribution is -2.17. The minimum atomic E-state index is -4.73. The molecule has 0 saturated carbocycles. The monoisotopic (exact) mass is 266 g/mol. The van der Waals surface area contributed by atoms with Crippen molar-refractivity contribution in [3.63, 3.8) is 0 Å². The van der Waals surface area contributed by atoms with Crippen LogP contribution in [-0.2, 0) is 4.79 Å². The smallest absolute Gasteiger partial charge is 0.481 e. The Morgan fingerprint density at radius 3 is 2.29 bits per heavy atom. The number of thiol groups is 1. The minimum absolute atomic E-state index is 0.206. The Kier molecular flexibility index (Phi) is 4.28. The molecule has 0 aliphatic carbocycles. The average molecular weight is 266 g/mol. The topological polar surface area (TPSA) is 46.5 Å². The highest BCUT2D eigenvalue weighted by Gasteiger charge is 2.31. The highest BCUT2D eigenvalue weighted by Crippen LogP contribution is 2.27. The number of rotatable bonds is 4. The molecule has 1 aromatic carbocycles. The van der Waals surface area contributed by atoms with E-state index in [0.29, 0.717) is 5.56 Å². The molecule has 0 aliphatic rings. The number of alkyl halides is 3. The predicted octanol–water partition coefficient (Wildman–Crippen LogP) is 3.03. The van der Waals surface area contributed by atoms with E-state index in [9.17, 15) is 18.0 Å². The average Bonchev–Trinajstić information content (AvgIpc) is 2.15. The van der Waals surface area contributed by atoms with Crippen LogP contribution in [0.25, 0.3) is 0 Å². The van der Waals surface area contributed by atoms with Crippen LogP contribution in [0.1, 0.15) is 17.2 Å². The summed E-state index contributed by atoms with van der Waals surface area (Å²) in [7, 11) is 0. The van der Waals surface area contributed by atoms with Gasteiger partial charge < -0.3 is 9.84 Å². The van der Waals surface area contributed by atoms with Crippen molar-refractivity contribution in [2.45, 2.75) is 18.0 Å². The molecule has 0 bridgehead atoms. The molecule has 1 N–H and O–H groups in total. The van der Waals surface area contributed by atoms with Crippen molar-refractivity contribution in [3.8, 4) is 5.75 Å². The number of carbonyl (C=O) groups is 1. The van der Waals surface area contributed by atoms with Crippen LogP contribution in [0, 0.1) is 0 Å². The van der Waals surface area contributed by atoms with Crippen molar-refractivity contribution < 1.29 is 27.8 Å². The normalized spacial score (nSPS) is 13.2. The fourth-order valence-electron chi connectivity index (χ4n) is 1.17. The first-order valence-electron chi connectivity index (χ1n) is 4.53. The van der Waals surface area contributed by atoms with Crippen molar-refractivity contribution >= 4 is 18.6 Å². The van der Waals surface area contributed by atoms with Crippen LogP contribution in [0.15, 0.2) is 24.3 Å². The molecule has 17 heavy (non-hydrogen) atoms. The Balaban J connectivity index is 2.71. The van der Waals surface area contributed by atoms with Crippen LogP contribution in [0.5, 0.6) is 5.75 Å². The van der Waals surface area contributed by atoms with Crippen LogP contribution < -0.4 is 4.74 Å². The summed E-state index contributed by atoms with van der Waals surface area (Å²) in [5, 5.41) is 7.97. The maximum absolute atomic E-state index is 11.9. The molecule has 0 aliphatic heterocycles. The van der Waals surface area contributed by atoms with Gasteiger partial charge >= 0.3 is 12.3 Å². The summed E-state index contributed by atoms with van der Waals surface area (Å²) in [6, 6.07) is 4.94. The Morgan fingerprint density at radius 2 is 1.88 bits per heavy atom. The molecule has 0 radical (unpaired) electrons. The van der Waals surface area contributed by atoms with Crippen molar-refractivity contribution in [2.75, 3.05) is 0 Å². The van der Waals surface area contributed by atoms with E-state index in [-0.39, 0.29) is 12.2 Å². The van der Waals surface area contributed by atoms with E-state index >= 15 is 0 Å². The molecule has 0 amide bonds. The number of carboxylic acids is 1. The fourth-order valence-corrected chi connectivity index (χ4v) is 1.50. The summed E-state index contributed by atoms with van der Waals surface area (Å²) >= 11 is 4.04. The highest BCUT2D eigenvalue weighted by molar-refractivity contribution is 7.80. The van der Waals surface area contributed by atoms with Gasteiger partial charge in [0.1, 0.15) is 5.75 Å². The standard InChI is InChI=1S/C10H9F3O3S/c11-10(12,13)16-7-3-1-6(2-4-7)8(17)5-9(14)15/h1-4,8,17H,5H2,(H,14,15). The van der Waals surface area contributed by atoms with Crippen LogP contribution >= 0.6 is 12.6 Å². The predicted molar refractivity (Wildman–Crippen MR) is 57.1 cm³/mol. The summed E-state index contributed by atoms with van der Waals surface area (Å²) in [5.74, 6) is -1.38. The van der Waals surface area contributed by atoms with Crippen LogP contribution in [-0.4, -0.2) is 17.4 Å². The summed E-state index contributed by atoms with van der Waals surface area (Å²) in [5.41, 5.74) is 0.519. The zero-order chi connectivity index (χ0) is 13.1. The van der Waals surface area contributed by atoms with Gasteiger partial charge in [-0.3, -0.25) is 4.79 Å². The summed E-state index contributed by atoms with van der Waals surface area (Å²) in [6.07, 6.45) is -4.94. The molecule has 3 nitrogen and oxygen atoms in total. The Bertz CT molecular complexity index is 389. The van der Waals surface area contributed by atoms with Gasteiger partial charge in [-0.25, -0.2) is 0 Å². The second-order valence-corrected chi connectivity index (χ2v) is 3.85. The van der Waals surface area contributed by atoms with Crippen molar-refractivity contribution in [2.24, 2.45) is 0 Å². The molecule has 1 atom stereocenters. The molecule has 1 rings (SSSR count). The molecule has 0 fully saturated rings. The SMILES string of the molecule is O=C(O)CC(S)c1ccc(OC(F)(F)F)cc1. The van der Waals surface area contributed by atoms with Gasteiger partial charge in [-0.15, -0.1) is 13.2 Å². The number of aliphatic carboxylic acids is 1. The molecule has 0 heterocycles. The third-order valence-electron chi connectivity index (χ3n) is 1.87. The molecule has 0 aromatic heterocycles. The van der Waals surface area contributed by atoms with E-state index in [0.717, 1.165) is 12.1 Å². The summed E-state index contributed by atoms with van der Waals surface area (Å²) in [4.78, 5) is 10.4. The van der Waals surface area contributed by atoms with Crippen molar-refractivity contribution in [1.29, 1.82) is 0 Å². The second kappa shape index (κ2) is 5.31. The zero-order valence-corrected chi connectivity index (χ0v) is 9.33. The Labute approximate surface area is 101 Å². The maximum Gasteiger partial charge on any atom is 0.573 e. The van der Waals surface area contributed by atoms with E-state index in [4.69, 9.17) is 5.11 Å². The first-order valence-corrected chi connectivity index (χ1v) is 5.05. The van der Waals surface area contributed by atoms with E-state index in [1.807, 2.05) is 0 Å². The van der Waals surface area contributed by atoms with E-state index in [1.54, 1.807) is 0 Å². The van der Waals surface area contributed by atoms with Gasteiger partial charge in [0.15, 0.2) is 0 Å². The maximum atomic E-state index is 11.9. The van der Waals surface area contributed by atoms with E-state index in [1.165, 1.54) is 12.1 Å². The van der Waals surface area contributed by atoms with Gasteiger partial charge in [0.25, 0.3) is 0 Å². The number of benzene rings is 1. The number of halogens is 3. The lowest BCUT2D eigenvalue weighted by atomic mass is 10.1. The molecule has 1 unspecified atom stereocenters. The lowest BCUT2D eigenvalue weighted by molar-refractivity contribution is -0.274. The van der Waals surface area contributed by atoms with Gasteiger partial charge in [-0.2, -0.15) is 12.6 Å². The van der Waals surface area contributed by atoms with Gasteiger partial charge in [0.2, 0.25) is 0 Å². The number of hydrogen-bond donors (Lipinski definition) is 2. The third-order valence-corrected chi connectivity index (χ3v) is 2.35. The second-order valence-electron chi connectivity index (χ2n) is 3.23. The molecular formula is C10H9F3O3S. The molecule has 94 valence electrons. The molecular weight excluding hydrogens is 257 g/mol. The first-order chi connectivity index (χ1) is 7.78.